The third-order valence-corrected chi connectivity index (χ3v) is 6.67. The molecule has 3 rings (SSSR count). The second kappa shape index (κ2) is 16.1. The standard InChI is InChI=1S/C36H43N3O6/c1-7-31(26-12-9-8-10-13-26)33(27-15-19-29(20-16-27)37-34(41)45-36(2,3)4)28-17-21-30(22-18-28)44-25-24-39(35(42)43)23-11-14-32(40)38(5)6/h8-22H,7,23-25H2,1-6H3,(H,37,41)(H,42,43)/b14-11+,33-31-. The average Bonchev–Trinajstić information content (AvgIpc) is 2.99. The molecular weight excluding hydrogens is 570 g/mol. The number of likely N-dealkylation sites (N-methyl/N-ethyl adjacent to an activating group) is 1. The van der Waals surface area contributed by atoms with E-state index in [4.69, 9.17) is 9.47 Å². The molecule has 3 aromatic carbocycles. The molecule has 0 radical (unpaired) electrons. The summed E-state index contributed by atoms with van der Waals surface area (Å²) >= 11 is 0. The van der Waals surface area contributed by atoms with E-state index in [9.17, 15) is 19.5 Å². The molecule has 0 saturated heterocycles. The fraction of sp³-hybridized carbons (Fsp3) is 0.306. The van der Waals surface area contributed by atoms with Crippen LogP contribution in [0.5, 0.6) is 5.75 Å². The Morgan fingerprint density at radius 2 is 1.47 bits per heavy atom. The van der Waals surface area contributed by atoms with Crippen molar-refractivity contribution in [3.8, 4) is 5.75 Å². The normalized spacial score (nSPS) is 11.9. The largest absolute Gasteiger partial charge is 0.492 e. The number of amides is 3. The van der Waals surface area contributed by atoms with Gasteiger partial charge >= 0.3 is 12.2 Å². The van der Waals surface area contributed by atoms with E-state index in [1.807, 2.05) is 87.5 Å². The van der Waals surface area contributed by atoms with Gasteiger partial charge in [-0.2, -0.15) is 0 Å². The fourth-order valence-corrected chi connectivity index (χ4v) is 4.51. The Kier molecular flexibility index (Phi) is 12.4. The molecule has 45 heavy (non-hydrogen) atoms. The van der Waals surface area contributed by atoms with E-state index >= 15 is 0 Å². The first kappa shape index (κ1) is 34.4. The molecule has 0 saturated carbocycles. The zero-order chi connectivity index (χ0) is 33.0. The van der Waals surface area contributed by atoms with Crippen LogP contribution in [0.1, 0.15) is 50.8 Å². The van der Waals surface area contributed by atoms with Gasteiger partial charge in [-0.1, -0.05) is 67.6 Å². The molecule has 0 bridgehead atoms. The highest BCUT2D eigenvalue weighted by Crippen LogP contribution is 2.35. The maximum Gasteiger partial charge on any atom is 0.412 e. The van der Waals surface area contributed by atoms with Crippen LogP contribution in [0, 0.1) is 0 Å². The summed E-state index contributed by atoms with van der Waals surface area (Å²) in [5.74, 6) is 0.397. The van der Waals surface area contributed by atoms with Gasteiger partial charge in [-0.25, -0.2) is 9.59 Å². The van der Waals surface area contributed by atoms with Crippen LogP contribution in [-0.4, -0.2) is 72.4 Å². The quantitative estimate of drug-likeness (QED) is 0.163. The number of nitrogens with zero attached hydrogens (tertiary/aromatic N) is 2. The summed E-state index contributed by atoms with van der Waals surface area (Å²) in [6, 6.07) is 25.6. The molecule has 0 aliphatic rings. The molecule has 2 N–H and O–H groups in total. The predicted octanol–water partition coefficient (Wildman–Crippen LogP) is 7.41. The van der Waals surface area contributed by atoms with Crippen LogP contribution in [0.3, 0.4) is 0 Å². The van der Waals surface area contributed by atoms with Gasteiger partial charge in [-0.3, -0.25) is 10.1 Å². The summed E-state index contributed by atoms with van der Waals surface area (Å²) in [5.41, 5.74) is 5.33. The van der Waals surface area contributed by atoms with E-state index in [0.29, 0.717) is 11.4 Å². The highest BCUT2D eigenvalue weighted by molar-refractivity contribution is 5.99. The molecule has 3 amide bonds. The van der Waals surface area contributed by atoms with Crippen LogP contribution in [0.2, 0.25) is 0 Å². The number of carboxylic acid groups (broad SMARTS) is 1. The smallest absolute Gasteiger partial charge is 0.412 e. The first-order valence-electron chi connectivity index (χ1n) is 14.9. The Morgan fingerprint density at radius 1 is 0.867 bits per heavy atom. The van der Waals surface area contributed by atoms with Crippen molar-refractivity contribution in [2.75, 3.05) is 39.1 Å². The van der Waals surface area contributed by atoms with Crippen LogP contribution < -0.4 is 10.1 Å². The van der Waals surface area contributed by atoms with Crippen LogP contribution in [0.4, 0.5) is 15.3 Å². The van der Waals surface area contributed by atoms with Crippen LogP contribution in [0.15, 0.2) is 91.0 Å². The van der Waals surface area contributed by atoms with Gasteiger partial charge in [-0.15, -0.1) is 0 Å². The molecule has 0 heterocycles. The Balaban J connectivity index is 1.81. The topological polar surface area (TPSA) is 108 Å². The zero-order valence-electron chi connectivity index (χ0n) is 26.9. The second-order valence-corrected chi connectivity index (χ2v) is 11.5. The molecule has 0 aromatic heterocycles. The number of hydrogen-bond acceptors (Lipinski definition) is 5. The van der Waals surface area contributed by atoms with Gasteiger partial charge in [0, 0.05) is 32.4 Å². The van der Waals surface area contributed by atoms with Crippen molar-refractivity contribution in [2.24, 2.45) is 0 Å². The number of rotatable bonds is 12. The highest BCUT2D eigenvalue weighted by atomic mass is 16.6. The monoisotopic (exact) mass is 613 g/mol. The number of hydrogen-bond donors (Lipinski definition) is 2. The summed E-state index contributed by atoms with van der Waals surface area (Å²) < 4.78 is 11.3. The minimum absolute atomic E-state index is 0.0801. The van der Waals surface area contributed by atoms with Crippen molar-refractivity contribution in [2.45, 2.75) is 39.7 Å². The van der Waals surface area contributed by atoms with Crippen LogP contribution in [-0.2, 0) is 9.53 Å². The van der Waals surface area contributed by atoms with Gasteiger partial charge in [0.15, 0.2) is 0 Å². The Labute approximate surface area is 265 Å². The van der Waals surface area contributed by atoms with Gasteiger partial charge < -0.3 is 24.4 Å². The van der Waals surface area contributed by atoms with Crippen molar-refractivity contribution in [1.82, 2.24) is 9.80 Å². The number of nitrogens with one attached hydrogen (secondary N) is 1. The number of ether oxygens (including phenoxy) is 2. The lowest BCUT2D eigenvalue weighted by Gasteiger charge is -2.20. The van der Waals surface area contributed by atoms with Crippen LogP contribution >= 0.6 is 0 Å². The molecule has 0 unspecified atom stereocenters. The number of anilines is 1. The summed E-state index contributed by atoms with van der Waals surface area (Å²) in [6.07, 6.45) is 2.06. The summed E-state index contributed by atoms with van der Waals surface area (Å²) in [7, 11) is 3.26. The van der Waals surface area contributed by atoms with Gasteiger partial charge in [0.25, 0.3) is 0 Å². The minimum Gasteiger partial charge on any atom is -0.492 e. The number of allylic oxidation sites excluding steroid dienone is 1. The lowest BCUT2D eigenvalue weighted by Crippen LogP contribution is -2.33. The SMILES string of the molecule is CC/C(=C(\c1ccc(NC(=O)OC(C)(C)C)cc1)c1ccc(OCCN(C/C=C/C(=O)N(C)C)C(=O)O)cc1)c1ccccc1. The van der Waals surface area contributed by atoms with Crippen molar-refractivity contribution < 1.29 is 29.0 Å². The third-order valence-electron chi connectivity index (χ3n) is 6.67. The van der Waals surface area contributed by atoms with E-state index in [1.54, 1.807) is 14.1 Å². The second-order valence-electron chi connectivity index (χ2n) is 11.5. The van der Waals surface area contributed by atoms with E-state index in [1.165, 1.54) is 22.0 Å². The molecule has 3 aromatic rings. The fourth-order valence-electron chi connectivity index (χ4n) is 4.51. The molecule has 0 aliphatic heterocycles. The first-order valence-corrected chi connectivity index (χ1v) is 14.9. The summed E-state index contributed by atoms with van der Waals surface area (Å²) in [6.45, 7) is 7.95. The van der Waals surface area contributed by atoms with Gasteiger partial charge in [0.1, 0.15) is 18.0 Å². The number of carbonyl (C=O) groups is 3. The maximum absolute atomic E-state index is 12.3. The highest BCUT2D eigenvalue weighted by Gasteiger charge is 2.17. The minimum atomic E-state index is -1.09. The van der Waals surface area contributed by atoms with Gasteiger partial charge in [0.05, 0.1) is 6.54 Å². The summed E-state index contributed by atoms with van der Waals surface area (Å²) in [4.78, 5) is 38.2. The Bertz CT molecular complexity index is 1490. The predicted molar refractivity (Wildman–Crippen MR) is 178 cm³/mol. The van der Waals surface area contributed by atoms with Crippen molar-refractivity contribution in [3.63, 3.8) is 0 Å². The Morgan fingerprint density at radius 3 is 2.00 bits per heavy atom. The molecular formula is C36H43N3O6. The van der Waals surface area contributed by atoms with Gasteiger partial charge in [0.2, 0.25) is 5.91 Å². The molecule has 238 valence electrons. The average molecular weight is 614 g/mol. The van der Waals surface area contributed by atoms with E-state index in [2.05, 4.69) is 24.4 Å². The van der Waals surface area contributed by atoms with E-state index in [0.717, 1.165) is 34.3 Å². The molecule has 0 aliphatic carbocycles. The maximum atomic E-state index is 12.3. The summed E-state index contributed by atoms with van der Waals surface area (Å²) in [5, 5.41) is 12.3. The Hall–Kier alpha value is -5.05. The molecule has 0 atom stereocenters. The number of benzene rings is 3. The van der Waals surface area contributed by atoms with Crippen LogP contribution in [0.25, 0.3) is 11.1 Å². The van der Waals surface area contributed by atoms with Crippen molar-refractivity contribution >= 4 is 34.9 Å². The molecule has 9 heteroatoms. The molecule has 0 spiro atoms. The third kappa shape index (κ3) is 10.9. The van der Waals surface area contributed by atoms with Crippen molar-refractivity contribution in [1.29, 1.82) is 0 Å². The zero-order valence-corrected chi connectivity index (χ0v) is 26.9. The molecule has 0 fully saturated rings. The van der Waals surface area contributed by atoms with E-state index < -0.39 is 17.8 Å². The lowest BCUT2D eigenvalue weighted by molar-refractivity contribution is -0.123. The molecule has 9 nitrogen and oxygen atoms in total. The first-order chi connectivity index (χ1) is 21.4. The van der Waals surface area contributed by atoms with E-state index in [-0.39, 0.29) is 25.6 Å². The lowest BCUT2D eigenvalue weighted by atomic mass is 9.88. The van der Waals surface area contributed by atoms with Crippen molar-refractivity contribution in [3.05, 3.63) is 108 Å². The van der Waals surface area contributed by atoms with Gasteiger partial charge in [-0.05, 0) is 79.3 Å². The number of carbonyl (C=O) groups excluding carboxylic acids is 2.